The van der Waals surface area contributed by atoms with Crippen molar-refractivity contribution >= 4 is 32.6 Å². The summed E-state index contributed by atoms with van der Waals surface area (Å²) in [6.07, 6.45) is 0. The molecule has 14 heteroatoms. The minimum atomic E-state index is -1.59. The second-order valence-electron chi connectivity index (χ2n) is 13.3. The summed E-state index contributed by atoms with van der Waals surface area (Å²) in [5, 5.41) is 0. The molecule has 0 unspecified atom stereocenters. The van der Waals surface area contributed by atoms with E-state index in [1.54, 1.807) is 0 Å². The molecule has 9 aromatic rings. The zero-order chi connectivity index (χ0) is 47.1. The van der Waals surface area contributed by atoms with Gasteiger partial charge in [-0.3, -0.25) is 6.79 Å². The molecule has 0 fully saturated rings. The largest absolute Gasteiger partial charge is 0.545 e. The van der Waals surface area contributed by atoms with Crippen LogP contribution in [-0.2, 0) is 24.3 Å². The van der Waals surface area contributed by atoms with Crippen molar-refractivity contribution in [1.82, 2.24) is 0 Å². The molecule has 69 heavy (non-hydrogen) atoms. The number of benzene rings is 9. The Morgan fingerprint density at radius 3 is 0.362 bits per heavy atom. The van der Waals surface area contributed by atoms with E-state index in [4.69, 9.17) is 45.5 Å². The Balaban J connectivity index is 0.000000188. The maximum absolute atomic E-state index is 7.75. The van der Waals surface area contributed by atoms with E-state index < -0.39 is 25.8 Å². The first-order valence-electron chi connectivity index (χ1n) is 20.9. The topological polar surface area (TPSA) is 100 Å². The summed E-state index contributed by atoms with van der Waals surface area (Å²) >= 11 is 0. The molecule has 0 heterocycles. The van der Waals surface area contributed by atoms with Gasteiger partial charge in [0.25, 0.3) is 0 Å². The second-order valence-corrected chi connectivity index (χ2v) is 16.3. The molecule has 0 amide bonds. The molecule has 0 aliphatic heterocycles. The molecule has 0 saturated heterocycles. The van der Waals surface area contributed by atoms with E-state index in [9.17, 15) is 0 Å². The summed E-state index contributed by atoms with van der Waals surface area (Å²) in [7, 11) is -4.77. The van der Waals surface area contributed by atoms with Gasteiger partial charge < -0.3 is 45.5 Å². The van der Waals surface area contributed by atoms with Crippen LogP contribution in [-0.4, -0.2) is 6.79 Å². The first-order valence-corrected chi connectivity index (χ1v) is 24.2. The molecule has 1 radical (unpaired) electrons. The Kier molecular flexibility index (Phi) is 24.2. The third-order valence-corrected chi connectivity index (χ3v) is 11.5. The average molecular weight is 1060 g/mol. The van der Waals surface area contributed by atoms with Gasteiger partial charge in [-0.05, 0) is 109 Å². The van der Waals surface area contributed by atoms with Crippen molar-refractivity contribution in [2.75, 3.05) is 0 Å². The van der Waals surface area contributed by atoms with Crippen LogP contribution >= 0.6 is 25.8 Å². The predicted octanol–water partition coefficient (Wildman–Crippen LogP) is 16.1. The molecule has 0 aromatic heterocycles. The average Bonchev–Trinajstić information content (AvgIpc) is 3.40. The van der Waals surface area contributed by atoms with Gasteiger partial charge in [-0.25, -0.2) is 0 Å². The summed E-state index contributed by atoms with van der Waals surface area (Å²) in [6, 6.07) is 85.5. The zero-order valence-corrected chi connectivity index (χ0v) is 41.1. The summed E-state index contributed by atoms with van der Waals surface area (Å²) in [5.41, 5.74) is 0. The zero-order valence-electron chi connectivity index (χ0n) is 36.8. The maximum atomic E-state index is 7.75. The number of hydrogen-bond donors (Lipinski definition) is 0. The van der Waals surface area contributed by atoms with E-state index in [-0.39, 0.29) is 19.5 Å². The molecule has 10 nitrogen and oxygen atoms in total. The first-order chi connectivity index (χ1) is 33.7. The number of rotatable bonds is 18. The van der Waals surface area contributed by atoms with Crippen molar-refractivity contribution < 1.29 is 65.0 Å². The minimum absolute atomic E-state index is 0. The van der Waals surface area contributed by atoms with Gasteiger partial charge >= 0.3 is 25.8 Å². The summed E-state index contributed by atoms with van der Waals surface area (Å²) in [4.78, 5) is 7.75. The molecule has 0 aliphatic rings. The molecule has 0 atom stereocenters. The third kappa shape index (κ3) is 20.7. The molecular weight excluding hydrogens is 1020 g/mol. The van der Waals surface area contributed by atoms with Crippen LogP contribution in [0.4, 0.5) is 0 Å². The van der Waals surface area contributed by atoms with Crippen molar-refractivity contribution in [2.24, 2.45) is 0 Å². The molecule has 9 rings (SSSR count). The van der Waals surface area contributed by atoms with Crippen molar-refractivity contribution in [3.05, 3.63) is 273 Å². The smallest absolute Gasteiger partial charge is 0.530 e. The quantitative estimate of drug-likeness (QED) is 0.0357. The molecule has 0 spiro atoms. The van der Waals surface area contributed by atoms with Gasteiger partial charge in [0, 0.05) is 19.5 Å². The van der Waals surface area contributed by atoms with E-state index in [0.29, 0.717) is 51.7 Å². The summed E-state index contributed by atoms with van der Waals surface area (Å²) < 4.78 is 52.6. The van der Waals surface area contributed by atoms with Gasteiger partial charge in [0.2, 0.25) is 0 Å². The molecule has 351 valence electrons. The van der Waals surface area contributed by atoms with Crippen LogP contribution in [0.5, 0.6) is 51.7 Å². The minimum Gasteiger partial charge on any atom is -0.545 e. The Hall–Kier alpha value is -7.24. The van der Waals surface area contributed by atoms with E-state index in [1.807, 2.05) is 273 Å². The first kappa shape index (κ1) is 52.7. The number of carbonyl (C=O) groups excluding carboxylic acids is 1. The standard InChI is InChI=1S/3C18H15O3P.CHO.Rh/c3*1-4-10-16(11-5-1)19-22(20-17-12-6-2-7-13-17)21-18-14-8-3-9-15-18;1-2;/h3*1-15H;1H;/q;;;-1;. The second kappa shape index (κ2) is 31.7. The van der Waals surface area contributed by atoms with E-state index in [2.05, 4.69) is 6.79 Å². The van der Waals surface area contributed by atoms with Gasteiger partial charge in [-0.2, -0.15) is 0 Å². The third-order valence-electron chi connectivity index (χ3n) is 8.31. The molecule has 0 aliphatic carbocycles. The van der Waals surface area contributed by atoms with Gasteiger partial charge in [-0.1, -0.05) is 164 Å². The summed E-state index contributed by atoms with van der Waals surface area (Å²) in [5.74, 6) is 6.38. The van der Waals surface area contributed by atoms with Gasteiger partial charge in [-0.15, -0.1) is 0 Å². The van der Waals surface area contributed by atoms with Crippen molar-refractivity contribution in [1.29, 1.82) is 0 Å². The van der Waals surface area contributed by atoms with Crippen molar-refractivity contribution in [2.45, 2.75) is 0 Å². The van der Waals surface area contributed by atoms with Crippen LogP contribution in [0.3, 0.4) is 0 Å². The molecular formula is C55H46O10P3Rh-. The Morgan fingerprint density at radius 1 is 0.188 bits per heavy atom. The molecule has 0 N–H and O–H groups in total. The molecule has 9 aromatic carbocycles. The fourth-order valence-electron chi connectivity index (χ4n) is 5.27. The number of hydrogen-bond acceptors (Lipinski definition) is 10. The molecule has 0 saturated carbocycles. The monoisotopic (exact) mass is 1060 g/mol. The summed E-state index contributed by atoms with van der Waals surface area (Å²) in [6.45, 7) is 3.25. The normalized spacial score (nSPS) is 9.84. The van der Waals surface area contributed by atoms with Crippen LogP contribution in [0.2, 0.25) is 0 Å². The van der Waals surface area contributed by atoms with Crippen molar-refractivity contribution in [3.8, 4) is 51.7 Å². The fourth-order valence-corrected chi connectivity index (χ4v) is 8.25. The van der Waals surface area contributed by atoms with Crippen LogP contribution in [0.15, 0.2) is 273 Å². The van der Waals surface area contributed by atoms with Crippen LogP contribution < -0.4 is 40.7 Å². The van der Waals surface area contributed by atoms with Crippen LogP contribution in [0.1, 0.15) is 0 Å². The predicted molar refractivity (Wildman–Crippen MR) is 271 cm³/mol. The van der Waals surface area contributed by atoms with E-state index in [0.717, 1.165) is 0 Å². The van der Waals surface area contributed by atoms with Crippen LogP contribution in [0.25, 0.3) is 0 Å². The Labute approximate surface area is 420 Å². The van der Waals surface area contributed by atoms with Gasteiger partial charge in [0.15, 0.2) is 0 Å². The molecule has 0 bridgehead atoms. The van der Waals surface area contributed by atoms with E-state index >= 15 is 0 Å². The fraction of sp³-hybridized carbons (Fsp3) is 0. The van der Waals surface area contributed by atoms with Crippen molar-refractivity contribution in [3.63, 3.8) is 0 Å². The number of para-hydroxylation sites is 9. The van der Waals surface area contributed by atoms with Gasteiger partial charge in [0.1, 0.15) is 51.7 Å². The van der Waals surface area contributed by atoms with Crippen LogP contribution in [0, 0.1) is 0 Å². The maximum Gasteiger partial charge on any atom is 0.530 e. The van der Waals surface area contributed by atoms with Gasteiger partial charge in [0.05, 0.1) is 0 Å². The Morgan fingerprint density at radius 2 is 0.275 bits per heavy atom. The Bertz CT molecular complexity index is 2050. The van der Waals surface area contributed by atoms with E-state index in [1.165, 1.54) is 0 Å². The SMILES string of the molecule is [CH-]=O.[Rh].c1ccc(OP(Oc2ccccc2)Oc2ccccc2)cc1.c1ccc(OP(Oc2ccccc2)Oc2ccccc2)cc1.c1ccc(OP(Oc2ccccc2)Oc2ccccc2)cc1.